The third-order valence-electron chi connectivity index (χ3n) is 6.60. The van der Waals surface area contributed by atoms with Crippen LogP contribution < -0.4 is 5.32 Å². The van der Waals surface area contributed by atoms with E-state index in [1.165, 1.54) is 14.0 Å². The average molecular weight is 859 g/mol. The van der Waals surface area contributed by atoms with Gasteiger partial charge in [-0.15, -0.1) is 0 Å². The van der Waals surface area contributed by atoms with E-state index in [-0.39, 0.29) is 52.7 Å². The molecule has 0 aliphatic rings. The second-order valence-electron chi connectivity index (χ2n) is 20.5. The van der Waals surface area contributed by atoms with E-state index in [2.05, 4.69) is 65.4 Å². The molecule has 2 N–H and O–H groups in total. The Morgan fingerprint density at radius 2 is 0.914 bits per heavy atom. The topological polar surface area (TPSA) is 176 Å². The standard InChI is InChI=1S/2C7H14O2.C7H14O.C7H16.C6H13NO.C6H12O2.C4H10.CH4O2S.CH4/c1-5-9-6(8)7(2,3)4;1-5(8)6(9)7(2,3)4;1-5-6(8)7(2,3)4;1-6(2)7(3,4)5;1-6(2,3)5(8)7-4;1-6(2,3)5(7)8-4;2*1-4(2)3;/h5H2,1-4H3;5,8H,1-4H3;5H2,1-4H3;6H,1-5H3;1-4H3,(H,7,8);1-4H3;4H,1-3H3;1H3,(H,2,3);1H4/p-1/t;5-;;;;;;;/m.0......./s1. The summed E-state index contributed by atoms with van der Waals surface area (Å²) in [6.07, 6.45) is 0.911. The molecule has 11 nitrogen and oxygen atoms in total. The summed E-state index contributed by atoms with van der Waals surface area (Å²) >= 11 is -1.86. The summed E-state index contributed by atoms with van der Waals surface area (Å²) in [5.74, 6) is 1.63. The minimum absolute atomic E-state index is 0. The van der Waals surface area contributed by atoms with Gasteiger partial charge in [-0.25, -0.2) is 0 Å². The number of ether oxygens (including phenoxy) is 2. The Morgan fingerprint density at radius 1 is 0.638 bits per heavy atom. The van der Waals surface area contributed by atoms with Gasteiger partial charge in [-0.2, -0.15) is 0 Å². The van der Waals surface area contributed by atoms with E-state index in [4.69, 9.17) is 18.6 Å². The van der Waals surface area contributed by atoms with E-state index in [1.807, 2.05) is 96.9 Å². The fourth-order valence-corrected chi connectivity index (χ4v) is 2.19. The molecule has 0 aromatic carbocycles. The van der Waals surface area contributed by atoms with Crippen molar-refractivity contribution in [3.8, 4) is 0 Å². The van der Waals surface area contributed by atoms with E-state index in [9.17, 15) is 24.0 Å². The van der Waals surface area contributed by atoms with Crippen molar-refractivity contribution in [3.63, 3.8) is 0 Å². The van der Waals surface area contributed by atoms with Crippen molar-refractivity contribution in [1.82, 2.24) is 5.32 Å². The molecule has 0 aromatic rings. The molecule has 12 heteroatoms. The molecule has 0 spiro atoms. The van der Waals surface area contributed by atoms with Crippen LogP contribution in [0.2, 0.25) is 0 Å². The van der Waals surface area contributed by atoms with E-state index in [0.717, 1.165) is 18.1 Å². The number of Topliss-reactive ketones (excluding diaryl/α,β-unsaturated/α-hetero) is 2. The van der Waals surface area contributed by atoms with Crippen molar-refractivity contribution in [2.75, 3.05) is 27.0 Å². The number of esters is 2. The van der Waals surface area contributed by atoms with Crippen LogP contribution in [-0.2, 0) is 44.5 Å². The first kappa shape index (κ1) is 76.5. The Balaban J connectivity index is -0.0000000683. The minimum Gasteiger partial charge on any atom is -0.773 e. The lowest BCUT2D eigenvalue weighted by Gasteiger charge is -2.22. The van der Waals surface area contributed by atoms with Crippen molar-refractivity contribution in [1.29, 1.82) is 0 Å². The van der Waals surface area contributed by atoms with Gasteiger partial charge in [0.1, 0.15) is 11.9 Å². The van der Waals surface area contributed by atoms with Crippen LogP contribution in [0.3, 0.4) is 0 Å². The quantitative estimate of drug-likeness (QED) is 0.205. The zero-order valence-corrected chi connectivity index (χ0v) is 43.5. The first-order valence-electron chi connectivity index (χ1n) is 19.9. The molecule has 356 valence electrons. The Kier molecular flexibility index (Phi) is 48.4. The van der Waals surface area contributed by atoms with Crippen molar-refractivity contribution in [2.24, 2.45) is 44.3 Å². The zero-order valence-electron chi connectivity index (χ0n) is 42.7. The van der Waals surface area contributed by atoms with Gasteiger partial charge in [0.05, 0.1) is 24.5 Å². The summed E-state index contributed by atoms with van der Waals surface area (Å²) < 4.78 is 27.2. The number of carbonyl (C=O) groups excluding carboxylic acids is 5. The molecule has 0 radical (unpaired) electrons. The largest absolute Gasteiger partial charge is 0.773 e. The van der Waals surface area contributed by atoms with Crippen LogP contribution in [0.4, 0.5) is 0 Å². The van der Waals surface area contributed by atoms with Crippen LogP contribution in [-0.4, -0.2) is 76.4 Å². The lowest BCUT2D eigenvalue weighted by atomic mass is 9.84. The van der Waals surface area contributed by atoms with Crippen LogP contribution in [0.5, 0.6) is 0 Å². The molecule has 0 aliphatic carbocycles. The third-order valence-corrected chi connectivity index (χ3v) is 6.60. The molecule has 0 aromatic heterocycles. The second kappa shape index (κ2) is 36.7. The van der Waals surface area contributed by atoms with Gasteiger partial charge in [0.2, 0.25) is 5.91 Å². The number of hydrogen-bond acceptors (Lipinski definition) is 10. The van der Waals surface area contributed by atoms with E-state index < -0.39 is 22.6 Å². The highest BCUT2D eigenvalue weighted by Crippen LogP contribution is 2.23. The normalized spacial score (nSPS) is 11.9. The van der Waals surface area contributed by atoms with Gasteiger partial charge in [-0.1, -0.05) is 143 Å². The number of ketones is 2. The number of aliphatic hydroxyl groups is 1. The molecule has 58 heavy (non-hydrogen) atoms. The van der Waals surface area contributed by atoms with Crippen LogP contribution >= 0.6 is 0 Å². The fraction of sp³-hybridized carbons (Fsp3) is 0.891. The molecule has 0 saturated carbocycles. The maximum absolute atomic E-state index is 10.9. The summed E-state index contributed by atoms with van der Waals surface area (Å²) in [5.41, 5.74) is -0.984. The predicted molar refractivity (Wildman–Crippen MR) is 248 cm³/mol. The number of hydrogen-bond donors (Lipinski definition) is 2. The molecule has 1 unspecified atom stereocenters. The van der Waals surface area contributed by atoms with Crippen LogP contribution in [0.25, 0.3) is 0 Å². The fourth-order valence-electron chi connectivity index (χ4n) is 2.19. The predicted octanol–water partition coefficient (Wildman–Crippen LogP) is 11.1. The summed E-state index contributed by atoms with van der Waals surface area (Å²) in [4.78, 5) is 53.9. The Morgan fingerprint density at radius 3 is 0.931 bits per heavy atom. The van der Waals surface area contributed by atoms with E-state index in [1.54, 1.807) is 27.8 Å². The molecule has 2 atom stereocenters. The molecular weight excluding hydrogens is 759 g/mol. The summed E-state index contributed by atoms with van der Waals surface area (Å²) in [6.45, 7) is 51.3. The SMILES string of the molecule is C.CC(C)C.CC(C)C(C)(C)C.CCC(=O)C(C)(C)C.CCOC(=O)C(C)(C)C.CNC(=O)C(C)(C)C.COC(=O)C(C)(C)C.CS(=O)[O-].C[C@H](O)C(=O)C(C)(C)C. The number of carbonyl (C=O) groups is 5. The first-order chi connectivity index (χ1) is 24.7. The Hall–Kier alpha value is -2.18. The van der Waals surface area contributed by atoms with Crippen LogP contribution in [0.1, 0.15) is 194 Å². The molecule has 0 rings (SSSR count). The van der Waals surface area contributed by atoms with Crippen molar-refractivity contribution in [3.05, 3.63) is 0 Å². The van der Waals surface area contributed by atoms with Crippen LogP contribution in [0.15, 0.2) is 0 Å². The number of nitrogens with one attached hydrogen (secondary N) is 1. The van der Waals surface area contributed by atoms with Gasteiger partial charge < -0.3 is 24.4 Å². The monoisotopic (exact) mass is 859 g/mol. The average Bonchev–Trinajstić information content (AvgIpc) is 2.97. The number of aliphatic hydroxyl groups excluding tert-OH is 1. The third kappa shape index (κ3) is 68.5. The highest BCUT2D eigenvalue weighted by molar-refractivity contribution is 7.78. The number of amides is 1. The minimum atomic E-state index is -1.86. The maximum Gasteiger partial charge on any atom is 0.311 e. The molecule has 0 bridgehead atoms. The zero-order chi connectivity index (χ0) is 48.7. The molecule has 0 saturated heterocycles. The van der Waals surface area contributed by atoms with Gasteiger partial charge in [-0.05, 0) is 78.9 Å². The maximum atomic E-state index is 10.9. The Bertz CT molecular complexity index is 1000. The lowest BCUT2D eigenvalue weighted by molar-refractivity contribution is -0.152. The number of rotatable bonds is 3. The van der Waals surface area contributed by atoms with Crippen molar-refractivity contribution < 1.29 is 47.3 Å². The lowest BCUT2D eigenvalue weighted by Crippen LogP contribution is -2.31. The smallest absolute Gasteiger partial charge is 0.311 e. The van der Waals surface area contributed by atoms with Crippen molar-refractivity contribution >= 4 is 40.5 Å². The van der Waals surface area contributed by atoms with Crippen LogP contribution in [0, 0.1) is 44.3 Å². The molecular formula is C46H100NO10S-. The molecule has 0 aliphatic heterocycles. The van der Waals surface area contributed by atoms with Gasteiger partial charge in [0.15, 0.2) is 5.78 Å². The van der Waals surface area contributed by atoms with Gasteiger partial charge in [-0.3, -0.25) is 28.2 Å². The van der Waals surface area contributed by atoms with E-state index in [0.29, 0.717) is 24.2 Å². The summed E-state index contributed by atoms with van der Waals surface area (Å²) in [7, 11) is 3.04. The van der Waals surface area contributed by atoms with Crippen molar-refractivity contribution in [2.45, 2.75) is 200 Å². The molecule has 1 amide bonds. The highest BCUT2D eigenvalue weighted by atomic mass is 32.2. The second-order valence-corrected chi connectivity index (χ2v) is 21.3. The number of methoxy groups -OCH3 is 1. The molecule has 0 heterocycles. The van der Waals surface area contributed by atoms with Gasteiger partial charge >= 0.3 is 11.9 Å². The summed E-state index contributed by atoms with van der Waals surface area (Å²) in [5, 5.41) is 11.4. The highest BCUT2D eigenvalue weighted by Gasteiger charge is 2.25. The van der Waals surface area contributed by atoms with Gasteiger partial charge in [0.25, 0.3) is 0 Å². The summed E-state index contributed by atoms with van der Waals surface area (Å²) in [6, 6.07) is 0. The first-order valence-corrected chi connectivity index (χ1v) is 21.4. The van der Waals surface area contributed by atoms with Gasteiger partial charge in [0, 0.05) is 29.7 Å². The van der Waals surface area contributed by atoms with E-state index >= 15 is 0 Å². The Labute approximate surface area is 363 Å². The molecule has 0 fully saturated rings.